The Morgan fingerprint density at radius 1 is 1.31 bits per heavy atom. The van der Waals surface area contributed by atoms with Crippen molar-refractivity contribution in [3.8, 4) is 0 Å². The molecule has 0 radical (unpaired) electrons. The van der Waals surface area contributed by atoms with Gasteiger partial charge in [-0.15, -0.1) is 0 Å². The third-order valence-corrected chi connectivity index (χ3v) is 3.69. The zero-order chi connectivity index (χ0) is 19.6. The van der Waals surface area contributed by atoms with Crippen LogP contribution in [-0.2, 0) is 4.74 Å². The Labute approximate surface area is 151 Å². The largest absolute Gasteiger partial charge is 0.478 e. The highest BCUT2D eigenvalue weighted by Crippen LogP contribution is 2.20. The summed E-state index contributed by atoms with van der Waals surface area (Å²) in [6.45, 7) is 8.70. The predicted octanol–water partition coefficient (Wildman–Crippen LogP) is 2.69. The number of fused-ring (bicyclic) bond motifs is 1. The first-order valence-electron chi connectivity index (χ1n) is 8.32. The summed E-state index contributed by atoms with van der Waals surface area (Å²) in [6, 6.07) is 1.44. The van der Waals surface area contributed by atoms with E-state index in [0.29, 0.717) is 6.42 Å². The number of carbonyl (C=O) groups excluding carboxylic acids is 1. The molecule has 26 heavy (non-hydrogen) atoms. The lowest BCUT2D eigenvalue weighted by molar-refractivity contribution is 0.0532. The Hall–Kier alpha value is -2.90. The Kier molecular flexibility index (Phi) is 5.34. The highest BCUT2D eigenvalue weighted by Gasteiger charge is 2.28. The number of carbonyl (C=O) groups is 2. The Morgan fingerprint density at radius 3 is 2.50 bits per heavy atom. The van der Waals surface area contributed by atoms with Crippen molar-refractivity contribution in [2.75, 3.05) is 11.6 Å². The third-order valence-electron chi connectivity index (χ3n) is 3.69. The number of hydrogen-bond donors (Lipinski definition) is 1. The van der Waals surface area contributed by atoms with Crippen molar-refractivity contribution in [2.24, 2.45) is 0 Å². The van der Waals surface area contributed by atoms with E-state index < -0.39 is 23.2 Å². The minimum atomic E-state index is -1.20. The summed E-state index contributed by atoms with van der Waals surface area (Å²) in [4.78, 5) is 41.4. The summed E-state index contributed by atoms with van der Waals surface area (Å²) in [5.41, 5.74) is -1.18. The van der Waals surface area contributed by atoms with Crippen LogP contribution in [0.1, 0.15) is 50.2 Å². The number of carboxylic acid groups (broad SMARTS) is 1. The number of aromatic nitrogens is 2. The highest BCUT2D eigenvalue weighted by molar-refractivity contribution is 6.04. The van der Waals surface area contributed by atoms with Gasteiger partial charge in [-0.3, -0.25) is 9.78 Å². The van der Waals surface area contributed by atoms with Crippen LogP contribution in [0.3, 0.4) is 0 Å². The van der Waals surface area contributed by atoms with E-state index in [9.17, 15) is 19.5 Å². The molecule has 8 heteroatoms. The smallest absolute Gasteiger partial charge is 0.429 e. The first kappa shape index (κ1) is 19.4. The van der Waals surface area contributed by atoms with Crippen molar-refractivity contribution >= 4 is 22.8 Å². The molecule has 0 aliphatic carbocycles. The van der Waals surface area contributed by atoms with Gasteiger partial charge in [0.1, 0.15) is 5.60 Å². The van der Waals surface area contributed by atoms with Crippen LogP contribution in [0.4, 0.5) is 4.79 Å². The molecule has 0 aliphatic rings. The molecule has 0 atom stereocenters. The molecule has 0 saturated heterocycles. The summed E-state index contributed by atoms with van der Waals surface area (Å²) < 4.78 is 6.48. The number of carboxylic acids is 1. The van der Waals surface area contributed by atoms with Crippen LogP contribution in [0.15, 0.2) is 23.3 Å². The van der Waals surface area contributed by atoms with E-state index in [-0.39, 0.29) is 28.6 Å². The maximum Gasteiger partial charge on any atom is 0.429 e. The van der Waals surface area contributed by atoms with Gasteiger partial charge in [0.15, 0.2) is 0 Å². The zero-order valence-electron chi connectivity index (χ0n) is 15.6. The fraction of sp³-hybridized carbons (Fsp3) is 0.444. The maximum atomic E-state index is 13.0. The fourth-order valence-corrected chi connectivity index (χ4v) is 2.71. The molecule has 0 aromatic carbocycles. The Bertz CT molecular complexity index is 911. The van der Waals surface area contributed by atoms with Gasteiger partial charge in [0.05, 0.1) is 16.6 Å². The van der Waals surface area contributed by atoms with Crippen LogP contribution >= 0.6 is 0 Å². The normalized spacial score (nSPS) is 11.4. The molecule has 140 valence electrons. The molecule has 1 amide bonds. The molecule has 0 bridgehead atoms. The Morgan fingerprint density at radius 2 is 1.96 bits per heavy atom. The van der Waals surface area contributed by atoms with Crippen LogP contribution in [-0.4, -0.2) is 39.0 Å². The van der Waals surface area contributed by atoms with Gasteiger partial charge in [0, 0.05) is 24.3 Å². The van der Waals surface area contributed by atoms with E-state index in [1.54, 1.807) is 20.8 Å². The summed E-state index contributed by atoms with van der Waals surface area (Å²) >= 11 is 0. The third kappa shape index (κ3) is 3.68. The van der Waals surface area contributed by atoms with Crippen LogP contribution < -0.4 is 10.6 Å². The number of hydrogen-bond acceptors (Lipinski definition) is 5. The molecule has 2 aromatic rings. The molecule has 0 saturated carbocycles. The van der Waals surface area contributed by atoms with E-state index in [1.165, 1.54) is 25.4 Å². The highest BCUT2D eigenvalue weighted by atomic mass is 16.6. The number of nitrogens with zero attached hydrogens (tertiary/aromatic N) is 3. The monoisotopic (exact) mass is 361 g/mol. The summed E-state index contributed by atoms with van der Waals surface area (Å²) in [7, 11) is 0. The van der Waals surface area contributed by atoms with Gasteiger partial charge < -0.3 is 9.84 Å². The fourth-order valence-electron chi connectivity index (χ4n) is 2.71. The van der Waals surface area contributed by atoms with Crippen molar-refractivity contribution in [3.63, 3.8) is 0 Å². The lowest BCUT2D eigenvalue weighted by Gasteiger charge is -2.30. The molecule has 1 N–H and O–H groups in total. The quantitative estimate of drug-likeness (QED) is 0.898. The molecule has 0 spiro atoms. The minimum Gasteiger partial charge on any atom is -0.478 e. The minimum absolute atomic E-state index is 0.0719. The average Bonchev–Trinajstić information content (AvgIpc) is 2.52. The second kappa shape index (κ2) is 7.15. The van der Waals surface area contributed by atoms with Gasteiger partial charge >= 0.3 is 12.1 Å². The van der Waals surface area contributed by atoms with E-state index in [4.69, 9.17) is 4.74 Å². The number of aromatic carboxylic acids is 1. The van der Waals surface area contributed by atoms with Gasteiger partial charge in [-0.2, -0.15) is 0 Å². The zero-order valence-corrected chi connectivity index (χ0v) is 15.6. The van der Waals surface area contributed by atoms with E-state index in [0.717, 1.165) is 9.69 Å². The van der Waals surface area contributed by atoms with Crippen molar-refractivity contribution in [3.05, 3.63) is 40.1 Å². The summed E-state index contributed by atoms with van der Waals surface area (Å²) in [5.74, 6) is -1.20. The predicted molar refractivity (Wildman–Crippen MR) is 97.3 cm³/mol. The SMILES string of the molecule is CCCN(C(=O)OC(C)(C)C)n1c(C)c(C(=O)O)c2cnccc2c1=O. The van der Waals surface area contributed by atoms with Crippen molar-refractivity contribution in [1.29, 1.82) is 0 Å². The number of pyridine rings is 2. The second-order valence-electron chi connectivity index (χ2n) is 6.91. The van der Waals surface area contributed by atoms with Crippen LogP contribution in [0.25, 0.3) is 10.8 Å². The molecular formula is C18H23N3O5. The van der Waals surface area contributed by atoms with Crippen molar-refractivity contribution in [2.45, 2.75) is 46.6 Å². The van der Waals surface area contributed by atoms with E-state index >= 15 is 0 Å². The average molecular weight is 361 g/mol. The first-order chi connectivity index (χ1) is 12.1. The molecule has 0 fully saturated rings. The van der Waals surface area contributed by atoms with Gasteiger partial charge in [-0.1, -0.05) is 6.92 Å². The molecule has 0 aliphatic heterocycles. The van der Waals surface area contributed by atoms with Gasteiger partial charge in [-0.05, 0) is 40.2 Å². The topological polar surface area (TPSA) is 102 Å². The molecule has 0 unspecified atom stereocenters. The standard InChI is InChI=1S/C18H23N3O5/c1-6-9-20(17(25)26-18(3,4)5)21-11(2)14(16(23)24)13-10-19-8-7-12(13)15(21)22/h7-8,10H,6,9H2,1-5H3,(H,23,24). The lowest BCUT2D eigenvalue weighted by Crippen LogP contribution is -2.50. The molecule has 2 heterocycles. The van der Waals surface area contributed by atoms with Crippen LogP contribution in [0, 0.1) is 6.92 Å². The number of ether oxygens (including phenoxy) is 1. The van der Waals surface area contributed by atoms with Crippen molar-refractivity contribution < 1.29 is 19.4 Å². The van der Waals surface area contributed by atoms with Gasteiger partial charge in [0.2, 0.25) is 0 Å². The van der Waals surface area contributed by atoms with Crippen LogP contribution in [0.2, 0.25) is 0 Å². The molecule has 2 aromatic heterocycles. The molecule has 8 nitrogen and oxygen atoms in total. The van der Waals surface area contributed by atoms with Gasteiger partial charge in [-0.25, -0.2) is 19.3 Å². The van der Waals surface area contributed by atoms with E-state index in [2.05, 4.69) is 4.98 Å². The second-order valence-corrected chi connectivity index (χ2v) is 6.91. The van der Waals surface area contributed by atoms with Crippen molar-refractivity contribution in [1.82, 2.24) is 9.66 Å². The van der Waals surface area contributed by atoms with E-state index in [1.807, 2.05) is 6.92 Å². The summed E-state index contributed by atoms with van der Waals surface area (Å²) in [5, 5.41) is 11.2. The first-order valence-corrected chi connectivity index (χ1v) is 8.32. The molecular weight excluding hydrogens is 338 g/mol. The lowest BCUT2D eigenvalue weighted by atomic mass is 10.1. The number of amides is 1. The maximum absolute atomic E-state index is 13.0. The Balaban J connectivity index is 2.79. The van der Waals surface area contributed by atoms with Gasteiger partial charge in [0.25, 0.3) is 5.56 Å². The summed E-state index contributed by atoms with van der Waals surface area (Å²) in [6.07, 6.45) is 2.60. The van der Waals surface area contributed by atoms with Crippen LogP contribution in [0.5, 0.6) is 0 Å². The number of rotatable bonds is 4. The molecule has 2 rings (SSSR count).